The van der Waals surface area contributed by atoms with Crippen LogP contribution in [0.4, 0.5) is 11.6 Å². The maximum absolute atomic E-state index is 11.4. The molecule has 0 bridgehead atoms. The molecule has 1 amide bonds. The highest BCUT2D eigenvalue weighted by atomic mass is 16.7. The normalized spacial score (nSPS) is 22.5. The Labute approximate surface area is 217 Å². The van der Waals surface area contributed by atoms with E-state index in [1.54, 1.807) is 12.4 Å². The van der Waals surface area contributed by atoms with Crippen LogP contribution in [0.15, 0.2) is 67.0 Å². The quantitative estimate of drug-likeness (QED) is 0.507. The van der Waals surface area contributed by atoms with Crippen LogP contribution in [0.3, 0.4) is 0 Å². The number of hydrogen-bond acceptors (Lipinski definition) is 8. The highest BCUT2D eigenvalue weighted by Gasteiger charge is 2.34. The Morgan fingerprint density at radius 2 is 1.65 bits per heavy atom. The van der Waals surface area contributed by atoms with E-state index in [1.165, 1.54) is 6.92 Å². The maximum atomic E-state index is 11.4. The van der Waals surface area contributed by atoms with E-state index in [-0.39, 0.29) is 24.7 Å². The van der Waals surface area contributed by atoms with Crippen molar-refractivity contribution in [3.8, 4) is 0 Å². The molecule has 9 nitrogen and oxygen atoms in total. The number of aliphatic hydroxyl groups excluding tert-OH is 1. The zero-order valence-electron chi connectivity index (χ0n) is 21.0. The molecule has 3 atom stereocenters. The molecule has 37 heavy (non-hydrogen) atoms. The molecule has 5 rings (SSSR count). The molecular weight excluding hydrogens is 470 g/mol. The number of hydrogen-bond donors (Lipinski definition) is 2. The van der Waals surface area contributed by atoms with Crippen LogP contribution >= 0.6 is 0 Å². The number of anilines is 2. The number of nitrogens with zero attached hydrogens (tertiary/aromatic N) is 4. The molecule has 2 aliphatic heterocycles. The molecular formula is C28H33N5O4. The third-order valence-corrected chi connectivity index (χ3v) is 6.79. The Morgan fingerprint density at radius 3 is 2.30 bits per heavy atom. The monoisotopic (exact) mass is 503 g/mol. The smallest absolute Gasteiger partial charge is 0.225 e. The van der Waals surface area contributed by atoms with Crippen molar-refractivity contribution < 1.29 is 19.4 Å². The Bertz CT molecular complexity index is 1150. The lowest BCUT2D eigenvalue weighted by molar-refractivity contribution is -0.253. The third-order valence-electron chi connectivity index (χ3n) is 6.79. The Morgan fingerprint density at radius 1 is 0.973 bits per heavy atom. The van der Waals surface area contributed by atoms with E-state index in [2.05, 4.69) is 25.1 Å². The van der Waals surface area contributed by atoms with E-state index in [0.29, 0.717) is 0 Å². The summed E-state index contributed by atoms with van der Waals surface area (Å²) in [7, 11) is 0. The van der Waals surface area contributed by atoms with E-state index in [1.807, 2.05) is 54.6 Å². The van der Waals surface area contributed by atoms with Gasteiger partial charge in [0.25, 0.3) is 0 Å². The van der Waals surface area contributed by atoms with E-state index in [0.717, 1.165) is 67.5 Å². The SMILES string of the molecule is CC(=O)Nc1ccc([C@@H]2O[C@H](CN3CCN(c4ncccn4)CC3)C[C@H](c3ccc(CO)cc3)O2)cc1. The van der Waals surface area contributed by atoms with Crippen molar-refractivity contribution in [3.05, 3.63) is 83.7 Å². The van der Waals surface area contributed by atoms with Crippen LogP contribution in [0.1, 0.15) is 42.4 Å². The molecule has 9 heteroatoms. The van der Waals surface area contributed by atoms with Gasteiger partial charge in [-0.2, -0.15) is 0 Å². The number of amides is 1. The number of piperazine rings is 1. The second-order valence-electron chi connectivity index (χ2n) is 9.49. The van der Waals surface area contributed by atoms with Crippen LogP contribution in [0.5, 0.6) is 0 Å². The van der Waals surface area contributed by atoms with Crippen molar-refractivity contribution in [2.45, 2.75) is 38.4 Å². The fourth-order valence-electron chi connectivity index (χ4n) is 4.83. The molecule has 3 heterocycles. The minimum absolute atomic E-state index is 0.0147. The lowest BCUT2D eigenvalue weighted by atomic mass is 9.99. The topological polar surface area (TPSA) is 100 Å². The highest BCUT2D eigenvalue weighted by Crippen LogP contribution is 2.38. The molecule has 0 radical (unpaired) electrons. The molecule has 2 aliphatic rings. The van der Waals surface area contributed by atoms with Crippen LogP contribution in [-0.4, -0.2) is 64.7 Å². The largest absolute Gasteiger partial charge is 0.392 e. The van der Waals surface area contributed by atoms with E-state index < -0.39 is 6.29 Å². The van der Waals surface area contributed by atoms with Gasteiger partial charge in [0.2, 0.25) is 11.9 Å². The maximum Gasteiger partial charge on any atom is 0.225 e. The molecule has 3 aromatic rings. The van der Waals surface area contributed by atoms with Crippen LogP contribution in [0, 0.1) is 0 Å². The predicted molar refractivity (Wildman–Crippen MR) is 140 cm³/mol. The number of ether oxygens (including phenoxy) is 2. The van der Waals surface area contributed by atoms with Gasteiger partial charge in [-0.15, -0.1) is 0 Å². The average Bonchev–Trinajstić information content (AvgIpc) is 2.94. The standard InChI is InChI=1S/C28H33N5O4/c1-20(35)31-24-9-7-23(8-10-24)27-36-25(17-26(37-27)22-5-3-21(19-34)4-6-22)18-32-13-15-33(16-14-32)28-29-11-2-12-30-28/h2-12,25-27,34H,13-19H2,1H3,(H,31,35)/t25-,26+,27+/m0/s1. The summed E-state index contributed by atoms with van der Waals surface area (Å²) in [6, 6.07) is 17.3. The van der Waals surface area contributed by atoms with Crippen LogP contribution in [0.25, 0.3) is 0 Å². The molecule has 2 saturated heterocycles. The molecule has 1 aromatic heterocycles. The van der Waals surface area contributed by atoms with Crippen molar-refractivity contribution in [1.29, 1.82) is 0 Å². The zero-order valence-corrected chi connectivity index (χ0v) is 21.0. The summed E-state index contributed by atoms with van der Waals surface area (Å²) >= 11 is 0. The molecule has 0 saturated carbocycles. The van der Waals surface area contributed by atoms with Gasteiger partial charge >= 0.3 is 0 Å². The van der Waals surface area contributed by atoms with Gasteiger partial charge in [0.15, 0.2) is 6.29 Å². The number of aliphatic hydroxyl groups is 1. The molecule has 194 valence electrons. The molecule has 2 N–H and O–H groups in total. The van der Waals surface area contributed by atoms with Crippen molar-refractivity contribution in [3.63, 3.8) is 0 Å². The van der Waals surface area contributed by atoms with Crippen LogP contribution in [-0.2, 0) is 20.9 Å². The minimum Gasteiger partial charge on any atom is -0.392 e. The molecule has 0 unspecified atom stereocenters. The van der Waals surface area contributed by atoms with Crippen molar-refractivity contribution in [2.24, 2.45) is 0 Å². The molecule has 0 spiro atoms. The van der Waals surface area contributed by atoms with Gasteiger partial charge in [-0.1, -0.05) is 36.4 Å². The zero-order chi connectivity index (χ0) is 25.6. The summed E-state index contributed by atoms with van der Waals surface area (Å²) in [6.45, 7) is 5.86. The van der Waals surface area contributed by atoms with Gasteiger partial charge < -0.3 is 24.8 Å². The first kappa shape index (κ1) is 25.3. The fourth-order valence-corrected chi connectivity index (χ4v) is 4.83. The molecule has 0 aliphatic carbocycles. The van der Waals surface area contributed by atoms with Crippen molar-refractivity contribution >= 4 is 17.5 Å². The van der Waals surface area contributed by atoms with E-state index >= 15 is 0 Å². The van der Waals surface area contributed by atoms with Gasteiger partial charge in [-0.3, -0.25) is 9.69 Å². The first-order valence-electron chi connectivity index (χ1n) is 12.7. The van der Waals surface area contributed by atoms with E-state index in [4.69, 9.17) is 9.47 Å². The Balaban J connectivity index is 1.28. The summed E-state index contributed by atoms with van der Waals surface area (Å²) in [5.41, 5.74) is 3.58. The number of nitrogens with one attached hydrogen (secondary N) is 1. The summed E-state index contributed by atoms with van der Waals surface area (Å²) in [6.07, 6.45) is 3.62. The first-order valence-corrected chi connectivity index (χ1v) is 12.7. The average molecular weight is 504 g/mol. The number of rotatable bonds is 7. The Hall–Kier alpha value is -3.37. The lowest BCUT2D eigenvalue weighted by Gasteiger charge is -2.40. The summed E-state index contributed by atoms with van der Waals surface area (Å²) in [4.78, 5) is 24.8. The summed E-state index contributed by atoms with van der Waals surface area (Å²) in [5.74, 6) is 0.668. The van der Waals surface area contributed by atoms with Gasteiger partial charge in [0.1, 0.15) is 0 Å². The number of benzene rings is 2. The van der Waals surface area contributed by atoms with Crippen molar-refractivity contribution in [1.82, 2.24) is 14.9 Å². The first-order chi connectivity index (χ1) is 18.1. The number of carbonyl (C=O) groups excluding carboxylic acids is 1. The number of carbonyl (C=O) groups is 1. The summed E-state index contributed by atoms with van der Waals surface area (Å²) < 4.78 is 12.9. The second kappa shape index (κ2) is 11.8. The fraction of sp³-hybridized carbons (Fsp3) is 0.393. The van der Waals surface area contributed by atoms with Crippen LogP contribution in [0.2, 0.25) is 0 Å². The summed E-state index contributed by atoms with van der Waals surface area (Å²) in [5, 5.41) is 12.2. The van der Waals surface area contributed by atoms with Crippen LogP contribution < -0.4 is 10.2 Å². The van der Waals surface area contributed by atoms with Gasteiger partial charge in [0, 0.05) is 69.7 Å². The van der Waals surface area contributed by atoms with E-state index in [9.17, 15) is 9.90 Å². The second-order valence-corrected chi connectivity index (χ2v) is 9.49. The molecule has 2 fully saturated rings. The predicted octanol–water partition coefficient (Wildman–Crippen LogP) is 3.29. The Kier molecular flexibility index (Phi) is 8.05. The van der Waals surface area contributed by atoms with Gasteiger partial charge in [0.05, 0.1) is 18.8 Å². The highest BCUT2D eigenvalue weighted by molar-refractivity contribution is 5.88. The van der Waals surface area contributed by atoms with Gasteiger partial charge in [-0.05, 0) is 29.3 Å². The minimum atomic E-state index is -0.522. The third kappa shape index (κ3) is 6.50. The lowest BCUT2D eigenvalue weighted by Crippen LogP contribution is -2.50. The van der Waals surface area contributed by atoms with Gasteiger partial charge in [-0.25, -0.2) is 9.97 Å². The molecule has 2 aromatic carbocycles. The van der Waals surface area contributed by atoms with Crippen molar-refractivity contribution in [2.75, 3.05) is 42.9 Å². The number of aromatic nitrogens is 2.